The molecule has 0 heterocycles. The molecule has 0 aliphatic heterocycles. The Kier molecular flexibility index (Phi) is 6.85. The maximum absolute atomic E-state index is 11.9. The first kappa shape index (κ1) is 15.8. The standard InChI is InChI=1S/C17H32N2O/c1-14-8-10-15(11-9-14)12-18-13-17(20)19-16-6-4-2-3-5-7-16/h14-16,18H,2-13H2,1H3,(H,19,20). The minimum absolute atomic E-state index is 0.195. The highest BCUT2D eigenvalue weighted by atomic mass is 16.1. The van der Waals surface area contributed by atoms with Crippen molar-refractivity contribution in [2.24, 2.45) is 11.8 Å². The molecule has 116 valence electrons. The lowest BCUT2D eigenvalue weighted by atomic mass is 9.83. The highest BCUT2D eigenvalue weighted by Crippen LogP contribution is 2.27. The molecule has 20 heavy (non-hydrogen) atoms. The number of rotatable bonds is 5. The summed E-state index contributed by atoms with van der Waals surface area (Å²) in [6.07, 6.45) is 13.0. The Morgan fingerprint density at radius 2 is 1.60 bits per heavy atom. The maximum Gasteiger partial charge on any atom is 0.234 e. The Labute approximate surface area is 124 Å². The smallest absolute Gasteiger partial charge is 0.234 e. The zero-order valence-corrected chi connectivity index (χ0v) is 13.1. The summed E-state index contributed by atoms with van der Waals surface area (Å²) in [6.45, 7) is 3.87. The SMILES string of the molecule is CC1CCC(CNCC(=O)NC2CCCCCC2)CC1. The Morgan fingerprint density at radius 1 is 0.950 bits per heavy atom. The molecule has 0 atom stereocenters. The summed E-state index contributed by atoms with van der Waals surface area (Å²) in [5.41, 5.74) is 0. The molecule has 2 N–H and O–H groups in total. The van der Waals surface area contributed by atoms with Gasteiger partial charge in [-0.25, -0.2) is 0 Å². The van der Waals surface area contributed by atoms with E-state index in [1.54, 1.807) is 0 Å². The van der Waals surface area contributed by atoms with Gasteiger partial charge < -0.3 is 10.6 Å². The van der Waals surface area contributed by atoms with Crippen LogP contribution in [0.2, 0.25) is 0 Å². The van der Waals surface area contributed by atoms with Crippen molar-refractivity contribution in [3.8, 4) is 0 Å². The molecule has 3 nitrogen and oxygen atoms in total. The van der Waals surface area contributed by atoms with Crippen LogP contribution in [0.1, 0.15) is 71.1 Å². The first-order valence-electron chi connectivity index (χ1n) is 8.74. The zero-order valence-electron chi connectivity index (χ0n) is 13.1. The van der Waals surface area contributed by atoms with Gasteiger partial charge in [0, 0.05) is 6.04 Å². The van der Waals surface area contributed by atoms with Crippen LogP contribution in [-0.2, 0) is 4.79 Å². The molecule has 2 fully saturated rings. The summed E-state index contributed by atoms with van der Waals surface area (Å²) in [5.74, 6) is 1.89. The van der Waals surface area contributed by atoms with Gasteiger partial charge in [-0.2, -0.15) is 0 Å². The number of amides is 1. The van der Waals surface area contributed by atoms with Gasteiger partial charge in [0.25, 0.3) is 0 Å². The van der Waals surface area contributed by atoms with Gasteiger partial charge in [-0.1, -0.05) is 45.4 Å². The van der Waals surface area contributed by atoms with E-state index in [4.69, 9.17) is 0 Å². The van der Waals surface area contributed by atoms with Crippen LogP contribution in [0.15, 0.2) is 0 Å². The average Bonchev–Trinajstić information content (AvgIpc) is 2.70. The third kappa shape index (κ3) is 5.82. The molecule has 0 aromatic rings. The lowest BCUT2D eigenvalue weighted by molar-refractivity contribution is -0.121. The normalized spacial score (nSPS) is 28.9. The molecular weight excluding hydrogens is 248 g/mol. The largest absolute Gasteiger partial charge is 0.352 e. The van der Waals surface area contributed by atoms with Crippen molar-refractivity contribution < 1.29 is 4.79 Å². The van der Waals surface area contributed by atoms with Gasteiger partial charge >= 0.3 is 0 Å². The molecule has 2 aliphatic rings. The number of nitrogens with one attached hydrogen (secondary N) is 2. The van der Waals surface area contributed by atoms with Gasteiger partial charge in [0.05, 0.1) is 6.54 Å². The third-order valence-electron chi connectivity index (χ3n) is 5.07. The summed E-state index contributed by atoms with van der Waals surface area (Å²) >= 11 is 0. The summed E-state index contributed by atoms with van der Waals surface area (Å²) in [6, 6.07) is 0.433. The van der Waals surface area contributed by atoms with E-state index in [0.717, 1.165) is 18.4 Å². The molecule has 2 aliphatic carbocycles. The molecule has 3 heteroatoms. The Morgan fingerprint density at radius 3 is 2.25 bits per heavy atom. The molecule has 0 spiro atoms. The topological polar surface area (TPSA) is 41.1 Å². The molecule has 0 aromatic heterocycles. The molecule has 2 rings (SSSR count). The van der Waals surface area contributed by atoms with Gasteiger partial charge in [-0.3, -0.25) is 4.79 Å². The summed E-state index contributed by atoms with van der Waals surface area (Å²) in [4.78, 5) is 11.9. The van der Waals surface area contributed by atoms with Crippen LogP contribution in [0.4, 0.5) is 0 Å². The molecule has 0 radical (unpaired) electrons. The second-order valence-electron chi connectivity index (χ2n) is 7.01. The van der Waals surface area contributed by atoms with Crippen LogP contribution in [0.25, 0.3) is 0 Å². The Bertz CT molecular complexity index is 277. The maximum atomic E-state index is 11.9. The van der Waals surface area contributed by atoms with Crippen LogP contribution < -0.4 is 10.6 Å². The molecule has 1 amide bonds. The van der Waals surface area contributed by atoms with Crippen molar-refractivity contribution in [3.63, 3.8) is 0 Å². The summed E-state index contributed by atoms with van der Waals surface area (Å²) in [5, 5.41) is 6.57. The quantitative estimate of drug-likeness (QED) is 0.759. The molecule has 0 saturated heterocycles. The van der Waals surface area contributed by atoms with Crippen molar-refractivity contribution in [1.82, 2.24) is 10.6 Å². The first-order chi connectivity index (χ1) is 9.74. The lowest BCUT2D eigenvalue weighted by Crippen LogP contribution is -2.41. The molecule has 0 unspecified atom stereocenters. The van der Waals surface area contributed by atoms with Gasteiger partial charge in [-0.05, 0) is 44.1 Å². The highest BCUT2D eigenvalue weighted by Gasteiger charge is 2.18. The van der Waals surface area contributed by atoms with Crippen molar-refractivity contribution in [2.75, 3.05) is 13.1 Å². The van der Waals surface area contributed by atoms with E-state index in [9.17, 15) is 4.79 Å². The predicted molar refractivity (Wildman–Crippen MR) is 83.6 cm³/mol. The molecular formula is C17H32N2O. The Hall–Kier alpha value is -0.570. The van der Waals surface area contributed by atoms with Crippen LogP contribution in [-0.4, -0.2) is 25.0 Å². The van der Waals surface area contributed by atoms with E-state index in [1.807, 2.05) is 0 Å². The van der Waals surface area contributed by atoms with Crippen LogP contribution in [0.3, 0.4) is 0 Å². The highest BCUT2D eigenvalue weighted by molar-refractivity contribution is 5.78. The van der Waals surface area contributed by atoms with Gasteiger partial charge in [0.15, 0.2) is 0 Å². The fourth-order valence-corrected chi connectivity index (χ4v) is 3.63. The zero-order chi connectivity index (χ0) is 14.2. The van der Waals surface area contributed by atoms with Crippen molar-refractivity contribution >= 4 is 5.91 Å². The van der Waals surface area contributed by atoms with Crippen LogP contribution in [0, 0.1) is 11.8 Å². The first-order valence-corrected chi connectivity index (χ1v) is 8.74. The minimum Gasteiger partial charge on any atom is -0.352 e. The minimum atomic E-state index is 0.195. The lowest BCUT2D eigenvalue weighted by Gasteiger charge is -2.26. The van der Waals surface area contributed by atoms with Crippen LogP contribution in [0.5, 0.6) is 0 Å². The molecule has 0 bridgehead atoms. The van der Waals surface area contributed by atoms with E-state index in [0.29, 0.717) is 12.6 Å². The van der Waals surface area contributed by atoms with Crippen LogP contribution >= 0.6 is 0 Å². The summed E-state index contributed by atoms with van der Waals surface area (Å²) in [7, 11) is 0. The van der Waals surface area contributed by atoms with E-state index in [1.165, 1.54) is 64.2 Å². The van der Waals surface area contributed by atoms with Crippen molar-refractivity contribution in [1.29, 1.82) is 0 Å². The van der Waals surface area contributed by atoms with E-state index < -0.39 is 0 Å². The predicted octanol–water partition coefficient (Wildman–Crippen LogP) is 3.24. The van der Waals surface area contributed by atoms with Crippen molar-refractivity contribution in [3.05, 3.63) is 0 Å². The van der Waals surface area contributed by atoms with Gasteiger partial charge in [0.2, 0.25) is 5.91 Å². The number of hydrogen-bond donors (Lipinski definition) is 2. The number of hydrogen-bond acceptors (Lipinski definition) is 2. The number of carbonyl (C=O) groups excluding carboxylic acids is 1. The van der Waals surface area contributed by atoms with E-state index >= 15 is 0 Å². The summed E-state index contributed by atoms with van der Waals surface area (Å²) < 4.78 is 0. The fraction of sp³-hybridized carbons (Fsp3) is 0.941. The second-order valence-corrected chi connectivity index (χ2v) is 7.01. The third-order valence-corrected chi connectivity index (χ3v) is 5.07. The van der Waals surface area contributed by atoms with Crippen molar-refractivity contribution in [2.45, 2.75) is 77.2 Å². The number of carbonyl (C=O) groups is 1. The van der Waals surface area contributed by atoms with Gasteiger partial charge in [-0.15, -0.1) is 0 Å². The molecule has 2 saturated carbocycles. The Balaban J connectivity index is 1.55. The van der Waals surface area contributed by atoms with E-state index in [2.05, 4.69) is 17.6 Å². The average molecular weight is 280 g/mol. The molecule has 0 aromatic carbocycles. The fourth-order valence-electron chi connectivity index (χ4n) is 3.63. The second kappa shape index (κ2) is 8.66. The van der Waals surface area contributed by atoms with E-state index in [-0.39, 0.29) is 5.91 Å². The van der Waals surface area contributed by atoms with Gasteiger partial charge in [0.1, 0.15) is 0 Å². The monoisotopic (exact) mass is 280 g/mol.